The molecule has 0 heterocycles. The van der Waals surface area contributed by atoms with E-state index in [2.05, 4.69) is 81.5 Å². The van der Waals surface area contributed by atoms with Crippen LogP contribution in [0.15, 0.2) is 60.8 Å². The average Bonchev–Trinajstić information content (AvgIpc) is 3.26. The molecule has 0 radical (unpaired) electrons. The largest absolute Gasteiger partial charge is 0.462 e. The Balaban J connectivity index is 4.32. The number of hydrogen-bond acceptors (Lipinski definition) is 6. The average molecular weight is 853 g/mol. The van der Waals surface area contributed by atoms with Gasteiger partial charge in [-0.1, -0.05) is 210 Å². The van der Waals surface area contributed by atoms with Gasteiger partial charge in [-0.3, -0.25) is 14.4 Å². The molecule has 352 valence electrons. The van der Waals surface area contributed by atoms with E-state index >= 15 is 0 Å². The molecule has 0 amide bonds. The quantitative estimate of drug-likeness (QED) is 0.0263. The third kappa shape index (κ3) is 48.0. The Morgan fingerprint density at radius 2 is 0.639 bits per heavy atom. The van der Waals surface area contributed by atoms with E-state index in [1.165, 1.54) is 109 Å². The summed E-state index contributed by atoms with van der Waals surface area (Å²) < 4.78 is 16.8. The minimum atomic E-state index is -0.781. The third-order valence-electron chi connectivity index (χ3n) is 11.0. The lowest BCUT2D eigenvalue weighted by atomic mass is 10.1. The highest BCUT2D eigenvalue weighted by Gasteiger charge is 2.19. The highest BCUT2D eigenvalue weighted by Crippen LogP contribution is 2.15. The standard InChI is InChI=1S/C55H96O6/c1-4-7-10-13-16-19-21-23-25-26-27-28-30-31-33-36-39-42-45-48-54(57)60-51-52(50-59-53(56)47-44-41-38-35-18-15-12-9-6-3)61-55(58)49-46-43-40-37-34-32-29-24-22-20-17-14-11-8-5-2/h8,11,16-17,19-20,23-25,29,52H,4-7,9-10,12-15,18,21-22,26-28,30-51H2,1-3H3/b11-8-,19-16-,20-17-,25-23-,29-24-/t52-/m1/s1. The van der Waals surface area contributed by atoms with Gasteiger partial charge in [0, 0.05) is 19.3 Å². The van der Waals surface area contributed by atoms with Crippen molar-refractivity contribution in [1.82, 2.24) is 0 Å². The molecule has 0 fully saturated rings. The number of hydrogen-bond donors (Lipinski definition) is 0. The van der Waals surface area contributed by atoms with Crippen molar-refractivity contribution in [3.8, 4) is 0 Å². The smallest absolute Gasteiger partial charge is 0.306 e. The summed E-state index contributed by atoms with van der Waals surface area (Å²) in [5.41, 5.74) is 0. The fourth-order valence-corrected chi connectivity index (χ4v) is 7.13. The molecule has 0 saturated heterocycles. The molecule has 0 N–H and O–H groups in total. The molecule has 0 aromatic rings. The van der Waals surface area contributed by atoms with E-state index in [4.69, 9.17) is 14.2 Å². The minimum absolute atomic E-state index is 0.0813. The van der Waals surface area contributed by atoms with Crippen molar-refractivity contribution in [2.75, 3.05) is 13.2 Å². The van der Waals surface area contributed by atoms with Crippen molar-refractivity contribution in [2.24, 2.45) is 0 Å². The number of carbonyl (C=O) groups excluding carboxylic acids is 3. The predicted molar refractivity (Wildman–Crippen MR) is 261 cm³/mol. The number of rotatable bonds is 46. The zero-order chi connectivity index (χ0) is 44.4. The van der Waals surface area contributed by atoms with Crippen LogP contribution in [0.1, 0.15) is 252 Å². The molecule has 0 aromatic carbocycles. The first kappa shape index (κ1) is 58.1. The van der Waals surface area contributed by atoms with Crippen molar-refractivity contribution in [3.63, 3.8) is 0 Å². The van der Waals surface area contributed by atoms with Gasteiger partial charge < -0.3 is 14.2 Å². The van der Waals surface area contributed by atoms with Crippen LogP contribution in [0.3, 0.4) is 0 Å². The molecular weight excluding hydrogens is 757 g/mol. The Hall–Kier alpha value is -2.89. The summed E-state index contributed by atoms with van der Waals surface area (Å²) in [5.74, 6) is -0.902. The first-order chi connectivity index (χ1) is 30.0. The lowest BCUT2D eigenvalue weighted by Crippen LogP contribution is -2.30. The molecule has 0 saturated carbocycles. The summed E-state index contributed by atoms with van der Waals surface area (Å²) in [5, 5.41) is 0. The van der Waals surface area contributed by atoms with Gasteiger partial charge in [-0.15, -0.1) is 0 Å². The summed E-state index contributed by atoms with van der Waals surface area (Å²) in [4.78, 5) is 37.9. The SMILES string of the molecule is CC/C=C\C/C=C\C/C=C\CCCCCCCC(=O)O[C@H](COC(=O)CCCCCCCCCCC)COC(=O)CCCCCCCCCCC/C=C\C/C=C\CCCCC. The van der Waals surface area contributed by atoms with Crippen molar-refractivity contribution < 1.29 is 28.6 Å². The molecule has 0 aliphatic carbocycles. The summed E-state index contributed by atoms with van der Waals surface area (Å²) in [6, 6.07) is 0. The monoisotopic (exact) mass is 853 g/mol. The lowest BCUT2D eigenvalue weighted by molar-refractivity contribution is -0.167. The van der Waals surface area contributed by atoms with Crippen LogP contribution < -0.4 is 0 Å². The third-order valence-corrected chi connectivity index (χ3v) is 11.0. The summed E-state index contributed by atoms with van der Waals surface area (Å²) in [6.45, 7) is 6.47. The Morgan fingerprint density at radius 3 is 1.03 bits per heavy atom. The fraction of sp³-hybridized carbons (Fsp3) is 0.764. The second kappa shape index (κ2) is 49.8. The number of esters is 3. The van der Waals surface area contributed by atoms with E-state index in [0.717, 1.165) is 103 Å². The molecule has 0 aliphatic rings. The number of carbonyl (C=O) groups is 3. The maximum atomic E-state index is 12.8. The van der Waals surface area contributed by atoms with Crippen LogP contribution >= 0.6 is 0 Å². The first-order valence-corrected chi connectivity index (χ1v) is 25.8. The highest BCUT2D eigenvalue weighted by molar-refractivity contribution is 5.71. The number of unbranched alkanes of at least 4 members (excludes halogenated alkanes) is 25. The van der Waals surface area contributed by atoms with Crippen LogP contribution in [0.5, 0.6) is 0 Å². The van der Waals surface area contributed by atoms with E-state index in [-0.39, 0.29) is 31.1 Å². The van der Waals surface area contributed by atoms with E-state index in [1.807, 2.05) is 0 Å². The molecule has 1 atom stereocenters. The Morgan fingerprint density at radius 1 is 0.344 bits per heavy atom. The van der Waals surface area contributed by atoms with Crippen LogP contribution in [0, 0.1) is 0 Å². The van der Waals surface area contributed by atoms with Gasteiger partial charge in [-0.2, -0.15) is 0 Å². The van der Waals surface area contributed by atoms with Crippen molar-refractivity contribution in [2.45, 2.75) is 258 Å². The molecular formula is C55H96O6. The van der Waals surface area contributed by atoms with Gasteiger partial charge in [0.25, 0.3) is 0 Å². The van der Waals surface area contributed by atoms with Crippen LogP contribution in [0.2, 0.25) is 0 Å². The van der Waals surface area contributed by atoms with Crippen molar-refractivity contribution in [3.05, 3.63) is 60.8 Å². The minimum Gasteiger partial charge on any atom is -0.462 e. The van der Waals surface area contributed by atoms with E-state index in [1.54, 1.807) is 0 Å². The second-order valence-electron chi connectivity index (χ2n) is 17.1. The van der Waals surface area contributed by atoms with Gasteiger partial charge >= 0.3 is 17.9 Å². The van der Waals surface area contributed by atoms with Crippen LogP contribution in [0.25, 0.3) is 0 Å². The zero-order valence-electron chi connectivity index (χ0n) is 40.2. The topological polar surface area (TPSA) is 78.9 Å². The van der Waals surface area contributed by atoms with Crippen LogP contribution in [-0.4, -0.2) is 37.2 Å². The highest BCUT2D eigenvalue weighted by atomic mass is 16.6. The molecule has 0 aromatic heterocycles. The Bertz CT molecular complexity index is 1120. The van der Waals surface area contributed by atoms with Gasteiger partial charge in [0.15, 0.2) is 6.10 Å². The normalized spacial score (nSPS) is 12.5. The van der Waals surface area contributed by atoms with E-state index < -0.39 is 6.10 Å². The maximum Gasteiger partial charge on any atom is 0.306 e. The number of ether oxygens (including phenoxy) is 3. The number of allylic oxidation sites excluding steroid dienone is 10. The predicted octanol–water partition coefficient (Wildman–Crippen LogP) is 16.9. The van der Waals surface area contributed by atoms with Crippen molar-refractivity contribution >= 4 is 17.9 Å². The lowest BCUT2D eigenvalue weighted by Gasteiger charge is -2.18. The summed E-state index contributed by atoms with van der Waals surface area (Å²) in [7, 11) is 0. The fourth-order valence-electron chi connectivity index (χ4n) is 7.13. The van der Waals surface area contributed by atoms with Gasteiger partial charge in [-0.05, 0) is 83.5 Å². The van der Waals surface area contributed by atoms with Gasteiger partial charge in [0.1, 0.15) is 13.2 Å². The van der Waals surface area contributed by atoms with E-state index in [9.17, 15) is 14.4 Å². The zero-order valence-corrected chi connectivity index (χ0v) is 40.2. The molecule has 6 heteroatoms. The van der Waals surface area contributed by atoms with Crippen LogP contribution in [0.4, 0.5) is 0 Å². The molecule has 0 unspecified atom stereocenters. The summed E-state index contributed by atoms with van der Waals surface area (Å²) in [6.07, 6.45) is 60.6. The molecule has 61 heavy (non-hydrogen) atoms. The molecule has 0 bridgehead atoms. The maximum absolute atomic E-state index is 12.8. The second-order valence-corrected chi connectivity index (χ2v) is 17.1. The van der Waals surface area contributed by atoms with Crippen molar-refractivity contribution in [1.29, 1.82) is 0 Å². The van der Waals surface area contributed by atoms with Gasteiger partial charge in [0.2, 0.25) is 0 Å². The van der Waals surface area contributed by atoms with E-state index in [0.29, 0.717) is 19.3 Å². The molecule has 0 rings (SSSR count). The van der Waals surface area contributed by atoms with Gasteiger partial charge in [-0.25, -0.2) is 0 Å². The molecule has 6 nitrogen and oxygen atoms in total. The summed E-state index contributed by atoms with van der Waals surface area (Å²) >= 11 is 0. The first-order valence-electron chi connectivity index (χ1n) is 25.8. The Labute approximate surface area is 377 Å². The molecule has 0 aliphatic heterocycles. The van der Waals surface area contributed by atoms with Gasteiger partial charge in [0.05, 0.1) is 0 Å². The molecule has 0 spiro atoms. The van der Waals surface area contributed by atoms with Crippen LogP contribution in [-0.2, 0) is 28.6 Å². The Kier molecular flexibility index (Phi) is 47.4.